The SMILES string of the molecule is COc1ccc(C2CCN(C[C@H]3CC[C@@H](NC(=O)C4=Cc5ccc(C)cc5OC4)C3)CC2)cc1. The Morgan fingerprint density at radius 1 is 1.09 bits per heavy atom. The zero-order chi connectivity index (χ0) is 23.5. The molecule has 0 spiro atoms. The summed E-state index contributed by atoms with van der Waals surface area (Å²) in [5, 5.41) is 3.28. The molecule has 5 heteroatoms. The maximum absolute atomic E-state index is 12.9. The van der Waals surface area contributed by atoms with Crippen molar-refractivity contribution in [1.29, 1.82) is 0 Å². The van der Waals surface area contributed by atoms with E-state index in [9.17, 15) is 4.79 Å². The van der Waals surface area contributed by atoms with Gasteiger partial charge in [-0.05, 0) is 99.4 Å². The minimum Gasteiger partial charge on any atom is -0.497 e. The van der Waals surface area contributed by atoms with Gasteiger partial charge in [0.15, 0.2) is 0 Å². The second-order valence-electron chi connectivity index (χ2n) is 10.2. The van der Waals surface area contributed by atoms with Crippen LogP contribution in [0.2, 0.25) is 0 Å². The highest BCUT2D eigenvalue weighted by Gasteiger charge is 2.30. The number of fused-ring (bicyclic) bond motifs is 1. The van der Waals surface area contributed by atoms with Gasteiger partial charge in [0.2, 0.25) is 0 Å². The van der Waals surface area contributed by atoms with Gasteiger partial charge >= 0.3 is 0 Å². The molecule has 0 unspecified atom stereocenters. The molecule has 5 rings (SSSR count). The van der Waals surface area contributed by atoms with Gasteiger partial charge in [-0.3, -0.25) is 4.79 Å². The standard InChI is InChI=1S/C29H36N2O3/c1-20-3-5-24-17-25(19-34-28(24)15-20)29(32)30-26-8-4-21(16-26)18-31-13-11-23(12-14-31)22-6-9-27(33-2)10-7-22/h3,5-7,9-10,15,17,21,23,26H,4,8,11-14,16,18-19H2,1-2H3,(H,30,32)/t21-,26+/m0/s1. The molecule has 1 saturated heterocycles. The molecule has 1 amide bonds. The van der Waals surface area contributed by atoms with E-state index in [0.29, 0.717) is 18.4 Å². The topological polar surface area (TPSA) is 50.8 Å². The molecule has 1 aliphatic carbocycles. The van der Waals surface area contributed by atoms with Gasteiger partial charge in [0.1, 0.15) is 18.1 Å². The number of hydrogen-bond donors (Lipinski definition) is 1. The maximum Gasteiger partial charge on any atom is 0.250 e. The molecule has 2 atom stereocenters. The lowest BCUT2D eigenvalue weighted by Crippen LogP contribution is -2.38. The molecular formula is C29H36N2O3. The second-order valence-corrected chi connectivity index (χ2v) is 10.2. The second kappa shape index (κ2) is 10.2. The number of piperidine rings is 1. The molecule has 3 aliphatic rings. The number of carbonyl (C=O) groups is 1. The molecule has 0 radical (unpaired) electrons. The number of amides is 1. The number of carbonyl (C=O) groups excluding carboxylic acids is 1. The van der Waals surface area contributed by atoms with Crippen LogP contribution in [0.15, 0.2) is 48.0 Å². The van der Waals surface area contributed by atoms with Crippen molar-refractivity contribution in [3.63, 3.8) is 0 Å². The molecule has 1 saturated carbocycles. The molecule has 2 aromatic rings. The van der Waals surface area contributed by atoms with Crippen molar-refractivity contribution in [3.05, 3.63) is 64.7 Å². The molecule has 0 aromatic heterocycles. The fourth-order valence-electron chi connectivity index (χ4n) is 5.74. The summed E-state index contributed by atoms with van der Waals surface area (Å²) in [5.41, 5.74) is 4.31. The van der Waals surface area contributed by atoms with Gasteiger partial charge in [-0.15, -0.1) is 0 Å². The first-order chi connectivity index (χ1) is 16.6. The van der Waals surface area contributed by atoms with Crippen molar-refractivity contribution in [1.82, 2.24) is 10.2 Å². The molecule has 5 nitrogen and oxygen atoms in total. The fraction of sp³-hybridized carbons (Fsp3) is 0.483. The maximum atomic E-state index is 12.9. The van der Waals surface area contributed by atoms with E-state index < -0.39 is 0 Å². The van der Waals surface area contributed by atoms with E-state index in [1.807, 2.05) is 18.2 Å². The number of methoxy groups -OCH3 is 1. The lowest BCUT2D eigenvalue weighted by atomic mass is 9.89. The highest BCUT2D eigenvalue weighted by atomic mass is 16.5. The first kappa shape index (κ1) is 23.0. The van der Waals surface area contributed by atoms with Crippen molar-refractivity contribution in [3.8, 4) is 11.5 Å². The number of hydrogen-bond acceptors (Lipinski definition) is 4. The monoisotopic (exact) mass is 460 g/mol. The molecule has 2 aliphatic heterocycles. The smallest absolute Gasteiger partial charge is 0.250 e. The van der Waals surface area contributed by atoms with Crippen LogP contribution < -0.4 is 14.8 Å². The molecule has 2 fully saturated rings. The average Bonchev–Trinajstić information content (AvgIpc) is 3.30. The summed E-state index contributed by atoms with van der Waals surface area (Å²) in [6, 6.07) is 15.0. The van der Waals surface area contributed by atoms with Crippen molar-refractivity contribution in [2.75, 3.05) is 33.4 Å². The zero-order valence-electron chi connectivity index (χ0n) is 20.4. The first-order valence-electron chi connectivity index (χ1n) is 12.7. The third-order valence-corrected chi connectivity index (χ3v) is 7.74. The molecular weight excluding hydrogens is 424 g/mol. The lowest BCUT2D eigenvalue weighted by Gasteiger charge is -2.33. The number of rotatable bonds is 6. The molecule has 180 valence electrons. The first-order valence-corrected chi connectivity index (χ1v) is 12.7. The summed E-state index contributed by atoms with van der Waals surface area (Å²) in [6.07, 6.45) is 7.76. The van der Waals surface area contributed by atoms with Crippen molar-refractivity contribution in [2.45, 2.75) is 51.0 Å². The number of nitrogens with zero attached hydrogens (tertiary/aromatic N) is 1. The van der Waals surface area contributed by atoms with Gasteiger partial charge in [0.25, 0.3) is 5.91 Å². The summed E-state index contributed by atoms with van der Waals surface area (Å²) in [6.45, 7) is 5.87. The molecule has 1 N–H and O–H groups in total. The number of nitrogens with one attached hydrogen (secondary N) is 1. The Bertz CT molecular complexity index is 1040. The Balaban J connectivity index is 1.07. The normalized spacial score (nSPS) is 23.1. The van der Waals surface area contributed by atoms with Gasteiger partial charge in [-0.1, -0.05) is 24.3 Å². The van der Waals surface area contributed by atoms with E-state index in [4.69, 9.17) is 9.47 Å². The van der Waals surface area contributed by atoms with Crippen LogP contribution in [0.25, 0.3) is 6.08 Å². The van der Waals surface area contributed by atoms with E-state index in [0.717, 1.165) is 55.1 Å². The minimum atomic E-state index is 0.0252. The summed E-state index contributed by atoms with van der Waals surface area (Å²) >= 11 is 0. The van der Waals surface area contributed by atoms with Crippen LogP contribution in [-0.4, -0.2) is 50.2 Å². The van der Waals surface area contributed by atoms with Crippen LogP contribution in [0.5, 0.6) is 11.5 Å². The minimum absolute atomic E-state index is 0.0252. The van der Waals surface area contributed by atoms with Crippen molar-refractivity contribution >= 4 is 12.0 Å². The van der Waals surface area contributed by atoms with Gasteiger partial charge in [-0.2, -0.15) is 0 Å². The molecule has 2 heterocycles. The van der Waals surface area contributed by atoms with E-state index in [2.05, 4.69) is 47.5 Å². The van der Waals surface area contributed by atoms with E-state index in [-0.39, 0.29) is 11.9 Å². The van der Waals surface area contributed by atoms with Crippen LogP contribution in [0.1, 0.15) is 54.7 Å². The Hall–Kier alpha value is -2.79. The van der Waals surface area contributed by atoms with Gasteiger partial charge in [-0.25, -0.2) is 0 Å². The highest BCUT2D eigenvalue weighted by molar-refractivity contribution is 5.99. The summed E-state index contributed by atoms with van der Waals surface area (Å²) in [5.74, 6) is 3.14. The van der Waals surface area contributed by atoms with Crippen LogP contribution in [0.4, 0.5) is 0 Å². The molecule has 34 heavy (non-hydrogen) atoms. The van der Waals surface area contributed by atoms with Crippen molar-refractivity contribution in [2.24, 2.45) is 5.92 Å². The number of ether oxygens (including phenoxy) is 2. The van der Waals surface area contributed by atoms with Crippen LogP contribution in [-0.2, 0) is 4.79 Å². The van der Waals surface area contributed by atoms with E-state index in [1.165, 1.54) is 30.4 Å². The summed E-state index contributed by atoms with van der Waals surface area (Å²) in [4.78, 5) is 15.5. The zero-order valence-corrected chi connectivity index (χ0v) is 20.4. The average molecular weight is 461 g/mol. The molecule has 2 aromatic carbocycles. The van der Waals surface area contributed by atoms with E-state index in [1.54, 1.807) is 7.11 Å². The molecule has 0 bridgehead atoms. The van der Waals surface area contributed by atoms with Crippen molar-refractivity contribution < 1.29 is 14.3 Å². The fourth-order valence-corrected chi connectivity index (χ4v) is 5.74. The van der Waals surface area contributed by atoms with E-state index >= 15 is 0 Å². The predicted octanol–water partition coefficient (Wildman–Crippen LogP) is 4.94. The lowest BCUT2D eigenvalue weighted by molar-refractivity contribution is -0.118. The van der Waals surface area contributed by atoms with Gasteiger partial charge in [0.05, 0.1) is 12.7 Å². The Kier molecular flexibility index (Phi) is 6.91. The Morgan fingerprint density at radius 3 is 2.65 bits per heavy atom. The summed E-state index contributed by atoms with van der Waals surface area (Å²) in [7, 11) is 1.72. The number of likely N-dealkylation sites (tertiary alicyclic amines) is 1. The number of benzene rings is 2. The third kappa shape index (κ3) is 5.30. The van der Waals surface area contributed by atoms with Crippen LogP contribution in [0, 0.1) is 12.8 Å². The highest BCUT2D eigenvalue weighted by Crippen LogP contribution is 2.32. The Labute approximate surface area is 203 Å². The quantitative estimate of drug-likeness (QED) is 0.663. The third-order valence-electron chi connectivity index (χ3n) is 7.74. The van der Waals surface area contributed by atoms with Gasteiger partial charge in [0, 0.05) is 18.2 Å². The summed E-state index contributed by atoms with van der Waals surface area (Å²) < 4.78 is 11.1. The van der Waals surface area contributed by atoms with Gasteiger partial charge < -0.3 is 19.7 Å². The van der Waals surface area contributed by atoms with Crippen LogP contribution in [0.3, 0.4) is 0 Å². The largest absolute Gasteiger partial charge is 0.497 e. The predicted molar refractivity (Wildman–Crippen MR) is 135 cm³/mol. The number of aryl methyl sites for hydroxylation is 1. The van der Waals surface area contributed by atoms with Crippen LogP contribution >= 0.6 is 0 Å². The Morgan fingerprint density at radius 2 is 1.88 bits per heavy atom.